The topological polar surface area (TPSA) is 23.9 Å². The van der Waals surface area contributed by atoms with E-state index < -0.39 is 41.8 Å². The summed E-state index contributed by atoms with van der Waals surface area (Å²) in [5.41, 5.74) is 18.5. The average molecular weight is 1340 g/mol. The molecule has 0 atom stereocenters. The second kappa shape index (κ2) is 23.4. The Balaban J connectivity index is 1.09. The molecule has 0 bridgehead atoms. The molecule has 4 aliphatic heterocycles. The van der Waals surface area contributed by atoms with Crippen LogP contribution in [0.1, 0.15) is 92.7 Å². The molecule has 0 amide bonds. The zero-order valence-electron chi connectivity index (χ0n) is 69.0. The van der Waals surface area contributed by atoms with Crippen LogP contribution in [0.5, 0.6) is 11.5 Å². The fourth-order valence-electron chi connectivity index (χ4n) is 16.5. The van der Waals surface area contributed by atoms with Crippen LogP contribution in [0.15, 0.2) is 309 Å². The van der Waals surface area contributed by atoms with Crippen molar-refractivity contribution in [2.24, 2.45) is 0 Å². The molecule has 0 N–H and O–H groups in total. The fourth-order valence-corrected chi connectivity index (χ4v) is 16.5. The third kappa shape index (κ3) is 9.83. The van der Waals surface area contributed by atoms with Gasteiger partial charge in [-0.25, -0.2) is 0 Å². The van der Waals surface area contributed by atoms with Crippen LogP contribution >= 0.6 is 0 Å². The van der Waals surface area contributed by atoms with Crippen LogP contribution in [-0.2, 0) is 16.2 Å². The number of ether oxygens (including phenoxy) is 1. The Labute approximate surface area is 619 Å². The van der Waals surface area contributed by atoms with Crippen molar-refractivity contribution in [2.75, 3.05) is 14.7 Å². The van der Waals surface area contributed by atoms with Gasteiger partial charge in [-0.05, 0) is 179 Å². The first-order valence-corrected chi connectivity index (χ1v) is 35.6. The van der Waals surface area contributed by atoms with Gasteiger partial charge in [-0.3, -0.25) is 0 Å². The lowest BCUT2D eigenvalue weighted by molar-refractivity contribution is 0.489. The highest BCUT2D eigenvalue weighted by Gasteiger charge is 2.52. The Bertz CT molecular complexity index is 6400. The minimum atomic E-state index is -1.08. The summed E-state index contributed by atoms with van der Waals surface area (Å²) in [4.78, 5) is 6.41. The smallest absolute Gasteiger partial charge is 0.256 e. The van der Waals surface area contributed by atoms with Crippen molar-refractivity contribution in [2.45, 2.75) is 78.6 Å². The minimum Gasteiger partial charge on any atom is -0.456 e. The van der Waals surface area contributed by atoms with Crippen LogP contribution in [0.4, 0.5) is 51.2 Å². The molecule has 103 heavy (non-hydrogen) atoms. The SMILES string of the molecule is [2H]c1cc(N2c3cc([2H])c([2H])c([2H])c3B3c4ccccc4Oc4c3c2cc2c4N(c3c(-c4ccccc4)cc(C(C)(C)C)cc3-c3ccccc3)c3cc(C(C)(C)C)cc4c3B2c2c([2H])c([2H])c(-n3c5ccccc5c5ccccc53)c([2H])c2N4c2c(-c3ccccc3)cc(C(C)(C)C)cc2-c2ccccc2)c([2H])c([2H])c1[2H]. The lowest BCUT2D eigenvalue weighted by atomic mass is 9.31. The third-order valence-corrected chi connectivity index (χ3v) is 21.5. The highest BCUT2D eigenvalue weighted by atomic mass is 16.5. The number of benzene rings is 14. The van der Waals surface area contributed by atoms with Crippen molar-refractivity contribution in [1.29, 1.82) is 0 Å². The summed E-state index contributed by atoms with van der Waals surface area (Å²) in [5.74, 6) is 0.806. The summed E-state index contributed by atoms with van der Waals surface area (Å²) in [6.45, 7) is 18.1. The molecule has 7 heteroatoms. The maximum atomic E-state index is 11.9. The molecule has 15 aromatic rings. The first kappa shape index (κ1) is 52.2. The zero-order valence-corrected chi connectivity index (χ0v) is 59.0. The van der Waals surface area contributed by atoms with Gasteiger partial charge in [-0.2, -0.15) is 0 Å². The molecule has 0 saturated carbocycles. The molecule has 14 aromatic carbocycles. The van der Waals surface area contributed by atoms with Crippen molar-refractivity contribution in [1.82, 2.24) is 4.57 Å². The maximum absolute atomic E-state index is 11.9. The predicted octanol–water partition coefficient (Wildman–Crippen LogP) is 21.8. The van der Waals surface area contributed by atoms with E-state index in [1.165, 1.54) is 6.07 Å². The normalized spacial score (nSPS) is 14.8. The Hall–Kier alpha value is -11.8. The van der Waals surface area contributed by atoms with E-state index >= 15 is 0 Å². The van der Waals surface area contributed by atoms with E-state index in [4.69, 9.17) is 6.11 Å². The monoisotopic (exact) mass is 1330 g/mol. The Kier molecular flexibility index (Phi) is 11.9. The largest absolute Gasteiger partial charge is 0.456 e. The van der Waals surface area contributed by atoms with E-state index in [0.29, 0.717) is 61.6 Å². The molecule has 5 nitrogen and oxygen atoms in total. The van der Waals surface area contributed by atoms with Crippen molar-refractivity contribution in [3.63, 3.8) is 0 Å². The van der Waals surface area contributed by atoms with Crippen molar-refractivity contribution in [3.05, 3.63) is 326 Å². The molecule has 0 aliphatic carbocycles. The second-order valence-corrected chi connectivity index (χ2v) is 30.8. The van der Waals surface area contributed by atoms with E-state index in [2.05, 4.69) is 224 Å². The molecule has 19 rings (SSSR count). The van der Waals surface area contributed by atoms with Gasteiger partial charge in [0.15, 0.2) is 0 Å². The first-order valence-electron chi connectivity index (χ1n) is 40.6. The first-order chi connectivity index (χ1) is 54.2. The van der Waals surface area contributed by atoms with Gasteiger partial charge in [0.2, 0.25) is 0 Å². The van der Waals surface area contributed by atoms with Crippen LogP contribution in [0, 0.1) is 0 Å². The number of anilines is 9. The standard InChI is InChI=1S/C96H78B2N4O/c1-94(2,3)65-53-72(61-33-15-10-16-34-61)90(73(54-65)62-35-17-11-18-36-62)101-83-59-69(100-80-47-29-25-43-70(80)71-44-26-30-48-81(71)100)51-52-77(83)98-79-60-86-89-93(103-87-50-32-28-46-78(87)97(89)76-45-27-31-49-82(76)99(86)68-41-23-14-24-42-68)92(79)102(85-58-67(96(7,8)9)57-84(101)88(85)98)91-74(63-37-19-12-20-38-63)55-66(95(4,5)6)56-75(91)64-39-21-13-22-40-64/h10-60H,1-9H3/i14D,23D,24D,27D,31D,41D,45D,51D,52D,59D. The number of hydrogen-bond acceptors (Lipinski definition) is 4. The van der Waals surface area contributed by atoms with E-state index in [1.807, 2.05) is 89.5 Å². The fraction of sp³-hybridized carbons (Fsp3) is 0.125. The summed E-state index contributed by atoms with van der Waals surface area (Å²) in [6.07, 6.45) is 0. The number of aromatic nitrogens is 1. The minimum absolute atomic E-state index is 0.00390. The Morgan fingerprint density at radius 3 is 1.32 bits per heavy atom. The molecule has 0 saturated heterocycles. The molecule has 0 radical (unpaired) electrons. The van der Waals surface area contributed by atoms with Gasteiger partial charge in [0.25, 0.3) is 13.4 Å². The van der Waals surface area contributed by atoms with Crippen LogP contribution in [0.2, 0.25) is 0 Å². The predicted molar refractivity (Wildman–Crippen MR) is 439 cm³/mol. The molecular weight excluding hydrogens is 1250 g/mol. The van der Waals surface area contributed by atoms with Crippen molar-refractivity contribution >= 4 is 119 Å². The molecule has 1 aromatic heterocycles. The summed E-state index contributed by atoms with van der Waals surface area (Å²) >= 11 is 0. The molecule has 0 spiro atoms. The number of para-hydroxylation sites is 5. The summed E-state index contributed by atoms with van der Waals surface area (Å²) in [5, 5.41) is 1.85. The second-order valence-electron chi connectivity index (χ2n) is 30.8. The molecular formula is C96H78B2N4O. The number of nitrogens with zero attached hydrogens (tertiary/aromatic N) is 4. The van der Waals surface area contributed by atoms with Crippen LogP contribution in [0.25, 0.3) is 72.0 Å². The summed E-state index contributed by atoms with van der Waals surface area (Å²) < 4.78 is 112. The van der Waals surface area contributed by atoms with E-state index in [-0.39, 0.29) is 65.4 Å². The average Bonchev–Trinajstić information content (AvgIpc) is 0.681. The number of rotatable bonds is 8. The van der Waals surface area contributed by atoms with Crippen molar-refractivity contribution < 1.29 is 18.4 Å². The highest BCUT2D eigenvalue weighted by molar-refractivity contribution is 7.02. The van der Waals surface area contributed by atoms with Crippen LogP contribution < -0.4 is 52.2 Å². The van der Waals surface area contributed by atoms with Gasteiger partial charge in [-0.15, -0.1) is 0 Å². The van der Waals surface area contributed by atoms with Gasteiger partial charge < -0.3 is 24.0 Å². The molecule has 0 unspecified atom stereocenters. The summed E-state index contributed by atoms with van der Waals surface area (Å²) in [7, 11) is 0. The number of hydrogen-bond donors (Lipinski definition) is 0. The quantitative estimate of drug-likeness (QED) is 0.142. The Morgan fingerprint density at radius 1 is 0.320 bits per heavy atom. The molecule has 0 fully saturated rings. The Morgan fingerprint density at radius 2 is 0.767 bits per heavy atom. The van der Waals surface area contributed by atoms with Gasteiger partial charge in [0.1, 0.15) is 11.5 Å². The third-order valence-electron chi connectivity index (χ3n) is 21.5. The van der Waals surface area contributed by atoms with E-state index in [1.54, 1.807) is 11.0 Å². The van der Waals surface area contributed by atoms with Gasteiger partial charge >= 0.3 is 0 Å². The highest BCUT2D eigenvalue weighted by Crippen LogP contribution is 2.58. The molecule has 4 aliphatic rings. The lowest BCUT2D eigenvalue weighted by Gasteiger charge is -2.49. The van der Waals surface area contributed by atoms with Crippen LogP contribution in [-0.4, -0.2) is 18.0 Å². The van der Waals surface area contributed by atoms with Gasteiger partial charge in [-0.1, -0.05) is 281 Å². The molecule has 5 heterocycles. The molecule has 494 valence electrons. The maximum Gasteiger partial charge on any atom is 0.256 e. The van der Waals surface area contributed by atoms with Crippen molar-refractivity contribution in [3.8, 4) is 61.7 Å². The van der Waals surface area contributed by atoms with Gasteiger partial charge in [0.05, 0.1) is 41.8 Å². The number of fused-ring (bicyclic) bond motifs is 12. The van der Waals surface area contributed by atoms with Crippen LogP contribution in [0.3, 0.4) is 0 Å². The van der Waals surface area contributed by atoms with E-state index in [0.717, 1.165) is 106 Å². The zero-order chi connectivity index (χ0) is 78.5. The van der Waals surface area contributed by atoms with Gasteiger partial charge in [0, 0.05) is 72.8 Å². The van der Waals surface area contributed by atoms with E-state index in [9.17, 15) is 12.3 Å². The summed E-state index contributed by atoms with van der Waals surface area (Å²) in [6, 6.07) is 81.9. The lowest BCUT2D eigenvalue weighted by Crippen LogP contribution is -2.64.